The quantitative estimate of drug-likeness (QED) is 0.781. The summed E-state index contributed by atoms with van der Waals surface area (Å²) in [6.45, 7) is 15.5. The van der Waals surface area contributed by atoms with Gasteiger partial charge in [0.25, 0.3) is 0 Å². The van der Waals surface area contributed by atoms with Gasteiger partial charge in [0.1, 0.15) is 8.24 Å². The van der Waals surface area contributed by atoms with E-state index >= 15 is 0 Å². The van der Waals surface area contributed by atoms with E-state index in [1.54, 1.807) is 5.57 Å². The summed E-state index contributed by atoms with van der Waals surface area (Å²) >= 11 is 0. The van der Waals surface area contributed by atoms with Crippen LogP contribution in [-0.2, 0) is 0 Å². The molecule has 1 heterocycles. The van der Waals surface area contributed by atoms with Crippen LogP contribution in [0.5, 0.6) is 0 Å². The van der Waals surface area contributed by atoms with Crippen LogP contribution in [0.25, 0.3) is 0 Å². The second-order valence-electron chi connectivity index (χ2n) is 8.32. The van der Waals surface area contributed by atoms with E-state index < -0.39 is 8.24 Å². The first-order chi connectivity index (χ1) is 10.4. The predicted octanol–water partition coefficient (Wildman–Crippen LogP) is 3.35. The first-order valence-electron chi connectivity index (χ1n) is 8.97. The third-order valence-corrected chi connectivity index (χ3v) is 10.8. The molecule has 0 aromatic rings. The SMILES string of the molecule is CC(C)C1=CC=CC2C1[C@@H](C)CC2[Si](C)(C)N1CNCNC1. The van der Waals surface area contributed by atoms with E-state index in [1.165, 1.54) is 6.42 Å². The Bertz CT molecular complexity index is 463. The monoisotopic (exact) mass is 319 g/mol. The lowest BCUT2D eigenvalue weighted by atomic mass is 9.76. The first kappa shape index (κ1) is 16.4. The van der Waals surface area contributed by atoms with Crippen LogP contribution in [0.15, 0.2) is 23.8 Å². The molecule has 4 heteroatoms. The summed E-state index contributed by atoms with van der Waals surface area (Å²) in [5.74, 6) is 3.06. The van der Waals surface area contributed by atoms with Crippen molar-refractivity contribution in [2.24, 2.45) is 23.7 Å². The zero-order valence-electron chi connectivity index (χ0n) is 14.9. The molecule has 3 nitrogen and oxygen atoms in total. The second kappa shape index (κ2) is 6.23. The summed E-state index contributed by atoms with van der Waals surface area (Å²) in [5, 5.41) is 6.99. The molecule has 0 spiro atoms. The molecular weight excluding hydrogens is 286 g/mol. The van der Waals surface area contributed by atoms with Crippen molar-refractivity contribution in [2.75, 3.05) is 20.0 Å². The number of rotatable bonds is 3. The Hall–Kier alpha value is -0.423. The minimum atomic E-state index is -1.45. The van der Waals surface area contributed by atoms with Gasteiger partial charge in [0.2, 0.25) is 0 Å². The van der Waals surface area contributed by atoms with Gasteiger partial charge in [-0.15, -0.1) is 0 Å². The molecule has 2 fully saturated rings. The Morgan fingerprint density at radius 1 is 1.23 bits per heavy atom. The summed E-state index contributed by atoms with van der Waals surface area (Å²) in [4.78, 5) is 0. The molecule has 0 radical (unpaired) electrons. The summed E-state index contributed by atoms with van der Waals surface area (Å²) in [6.07, 6.45) is 8.69. The van der Waals surface area contributed by atoms with E-state index in [2.05, 4.69) is 67.3 Å². The molecule has 3 aliphatic rings. The molecule has 1 saturated heterocycles. The van der Waals surface area contributed by atoms with Crippen molar-refractivity contribution in [3.8, 4) is 0 Å². The van der Waals surface area contributed by atoms with Crippen LogP contribution >= 0.6 is 0 Å². The fraction of sp³-hybridized carbons (Fsp3) is 0.778. The van der Waals surface area contributed by atoms with Crippen LogP contribution in [0.4, 0.5) is 0 Å². The standard InChI is InChI=1S/C18H33N3Si/c1-13(2)15-7-6-8-16-17(9-14(3)18(15)16)22(4,5)21-11-19-10-20-12-21/h6-8,13-14,16-20H,9-12H2,1-5H3/t14-,16?,17?,18?/m0/s1. The highest BCUT2D eigenvalue weighted by atomic mass is 28.3. The van der Waals surface area contributed by atoms with Gasteiger partial charge in [-0.05, 0) is 35.6 Å². The van der Waals surface area contributed by atoms with Crippen LogP contribution in [0.2, 0.25) is 18.6 Å². The molecule has 2 N–H and O–H groups in total. The van der Waals surface area contributed by atoms with Crippen LogP contribution in [0, 0.1) is 23.7 Å². The average Bonchev–Trinajstić information content (AvgIpc) is 2.86. The summed E-state index contributed by atoms with van der Waals surface area (Å²) in [6, 6.07) is 0. The highest BCUT2D eigenvalue weighted by Crippen LogP contribution is 2.55. The molecule has 2 aliphatic carbocycles. The van der Waals surface area contributed by atoms with E-state index in [9.17, 15) is 0 Å². The maximum atomic E-state index is 3.49. The summed E-state index contributed by atoms with van der Waals surface area (Å²) < 4.78 is 2.72. The van der Waals surface area contributed by atoms with Crippen LogP contribution in [-0.4, -0.2) is 32.8 Å². The van der Waals surface area contributed by atoms with E-state index in [1.807, 2.05) is 0 Å². The van der Waals surface area contributed by atoms with Gasteiger partial charge in [0, 0.05) is 20.0 Å². The average molecular weight is 320 g/mol. The minimum Gasteiger partial charge on any atom is -0.299 e. The van der Waals surface area contributed by atoms with Crippen molar-refractivity contribution >= 4 is 8.24 Å². The predicted molar refractivity (Wildman–Crippen MR) is 96.8 cm³/mol. The van der Waals surface area contributed by atoms with Gasteiger partial charge in [-0.3, -0.25) is 15.2 Å². The molecule has 0 aromatic heterocycles. The first-order valence-corrected chi connectivity index (χ1v) is 12.0. The lowest BCUT2D eigenvalue weighted by Crippen LogP contribution is -2.63. The molecule has 22 heavy (non-hydrogen) atoms. The molecule has 0 bridgehead atoms. The van der Waals surface area contributed by atoms with Crippen molar-refractivity contribution in [3.63, 3.8) is 0 Å². The molecule has 3 unspecified atom stereocenters. The minimum absolute atomic E-state index is 0.682. The second-order valence-corrected chi connectivity index (χ2v) is 13.0. The summed E-state index contributed by atoms with van der Waals surface area (Å²) in [5.41, 5.74) is 2.56. The van der Waals surface area contributed by atoms with Crippen molar-refractivity contribution in [3.05, 3.63) is 23.8 Å². The molecule has 1 saturated carbocycles. The Balaban J connectivity index is 1.84. The fourth-order valence-electron chi connectivity index (χ4n) is 5.05. The van der Waals surface area contributed by atoms with Gasteiger partial charge in [-0.2, -0.15) is 0 Å². The summed E-state index contributed by atoms with van der Waals surface area (Å²) in [7, 11) is -1.45. The number of hydrogen-bond donors (Lipinski definition) is 2. The lowest BCUT2D eigenvalue weighted by molar-refractivity contribution is 0.283. The molecule has 4 atom stereocenters. The molecule has 0 amide bonds. The van der Waals surface area contributed by atoms with Gasteiger partial charge in [0.05, 0.1) is 0 Å². The zero-order chi connectivity index (χ0) is 15.9. The Labute approximate surface area is 137 Å². The maximum absolute atomic E-state index is 3.49. The maximum Gasteiger partial charge on any atom is 0.128 e. The lowest BCUT2D eigenvalue weighted by Gasteiger charge is -2.46. The Kier molecular flexibility index (Phi) is 4.65. The Morgan fingerprint density at radius 3 is 2.55 bits per heavy atom. The molecule has 124 valence electrons. The fourth-order valence-corrected chi connectivity index (χ4v) is 8.77. The largest absolute Gasteiger partial charge is 0.299 e. The van der Waals surface area contributed by atoms with Crippen molar-refractivity contribution in [1.29, 1.82) is 0 Å². The number of hydrogen-bond acceptors (Lipinski definition) is 3. The van der Waals surface area contributed by atoms with Crippen LogP contribution in [0.1, 0.15) is 27.2 Å². The van der Waals surface area contributed by atoms with Gasteiger partial charge in [-0.1, -0.05) is 57.7 Å². The number of nitrogens with one attached hydrogen (secondary N) is 2. The van der Waals surface area contributed by atoms with Crippen molar-refractivity contribution < 1.29 is 0 Å². The van der Waals surface area contributed by atoms with E-state index in [-0.39, 0.29) is 0 Å². The molecule has 1 aliphatic heterocycles. The van der Waals surface area contributed by atoms with Gasteiger partial charge >= 0.3 is 0 Å². The van der Waals surface area contributed by atoms with Gasteiger partial charge in [-0.25, -0.2) is 0 Å². The van der Waals surface area contributed by atoms with Crippen molar-refractivity contribution in [1.82, 2.24) is 15.2 Å². The van der Waals surface area contributed by atoms with E-state index in [0.29, 0.717) is 5.92 Å². The van der Waals surface area contributed by atoms with Crippen LogP contribution in [0.3, 0.4) is 0 Å². The van der Waals surface area contributed by atoms with Crippen LogP contribution < -0.4 is 10.6 Å². The Morgan fingerprint density at radius 2 is 1.91 bits per heavy atom. The normalized spacial score (nSPS) is 36.5. The van der Waals surface area contributed by atoms with Gasteiger partial charge in [0.15, 0.2) is 0 Å². The topological polar surface area (TPSA) is 27.3 Å². The number of fused-ring (bicyclic) bond motifs is 1. The zero-order valence-corrected chi connectivity index (χ0v) is 15.9. The van der Waals surface area contributed by atoms with E-state index in [4.69, 9.17) is 0 Å². The molecule has 3 rings (SSSR count). The number of nitrogens with zero attached hydrogens (tertiary/aromatic N) is 1. The van der Waals surface area contributed by atoms with Crippen molar-refractivity contribution in [2.45, 2.75) is 45.8 Å². The third kappa shape index (κ3) is 2.75. The number of allylic oxidation sites excluding steroid dienone is 4. The van der Waals surface area contributed by atoms with Gasteiger partial charge < -0.3 is 0 Å². The smallest absolute Gasteiger partial charge is 0.128 e. The van der Waals surface area contributed by atoms with E-state index in [0.717, 1.165) is 43.3 Å². The molecule has 0 aromatic carbocycles. The highest BCUT2D eigenvalue weighted by Gasteiger charge is 2.51. The highest BCUT2D eigenvalue weighted by molar-refractivity contribution is 6.76. The third-order valence-electron chi connectivity index (χ3n) is 6.37. The molecular formula is C18H33N3Si.